The second kappa shape index (κ2) is 5.97. The Labute approximate surface area is 155 Å². The molecule has 0 radical (unpaired) electrons. The van der Waals surface area contributed by atoms with E-state index in [0.29, 0.717) is 6.04 Å². The number of fused-ring (bicyclic) bond motifs is 1. The Hall–Kier alpha value is -0.636. The highest BCUT2D eigenvalue weighted by Crippen LogP contribution is 2.35. The van der Waals surface area contributed by atoms with Crippen LogP contribution < -0.4 is 31.2 Å². The van der Waals surface area contributed by atoms with E-state index in [9.17, 15) is 0 Å². The maximum absolute atomic E-state index is 6.13. The zero-order chi connectivity index (χ0) is 18.7. The molecule has 1 N–H and O–H groups in total. The van der Waals surface area contributed by atoms with Crippen LogP contribution in [0, 0.1) is 0 Å². The standard InChI is InChI=1S/C12H26B9NO2/c1-3(22-10(2,16)17)11(18,19)4-5(13)7(15)9-8(6(4)14)23-12(20,21)24-9/h3,22H,13-21H2,1-2H3/t3-/m0/s1. The lowest BCUT2D eigenvalue weighted by Crippen LogP contribution is -2.60. The molecule has 1 aliphatic heterocycles. The maximum atomic E-state index is 6.13. The summed E-state index contributed by atoms with van der Waals surface area (Å²) in [5, 5.41) is 3.79. The van der Waals surface area contributed by atoms with Crippen LogP contribution in [0.15, 0.2) is 0 Å². The van der Waals surface area contributed by atoms with E-state index in [-0.39, 0.29) is 10.6 Å². The van der Waals surface area contributed by atoms with Gasteiger partial charge in [0.1, 0.15) is 54.9 Å². The SMILES string of the molecule is Bc1c(B)c(C(B)(B)[C@H](C)NC(B)(B)C)c(B)c2c1OC(B)(B)O2. The van der Waals surface area contributed by atoms with Crippen LogP contribution >= 0.6 is 0 Å². The second-order valence-corrected chi connectivity index (χ2v) is 9.35. The first-order valence-electron chi connectivity index (χ1n) is 8.97. The average Bonchev–Trinajstić information content (AvgIpc) is 2.70. The summed E-state index contributed by atoms with van der Waals surface area (Å²) >= 11 is 0. The fraction of sp³-hybridized carbons (Fsp3) is 0.500. The second-order valence-electron chi connectivity index (χ2n) is 9.35. The highest BCUT2D eigenvalue weighted by molar-refractivity contribution is 6.56. The first kappa shape index (κ1) is 19.7. The molecule has 1 atom stereocenters. The molecule has 0 fully saturated rings. The van der Waals surface area contributed by atoms with Gasteiger partial charge in [0.25, 0.3) is 0 Å². The minimum atomic E-state index is -0.595. The number of ether oxygens (including phenoxy) is 2. The van der Waals surface area contributed by atoms with Crippen LogP contribution in [0.5, 0.6) is 11.5 Å². The largest absolute Gasteiger partial charge is 0.467 e. The van der Waals surface area contributed by atoms with E-state index in [1.807, 2.05) is 15.7 Å². The summed E-state index contributed by atoms with van der Waals surface area (Å²) in [6, 6.07) is 0.322. The molecule has 0 unspecified atom stereocenters. The summed E-state index contributed by atoms with van der Waals surface area (Å²) in [7, 11) is 19.5. The summed E-state index contributed by atoms with van der Waals surface area (Å²) in [6.45, 7) is 4.49. The Morgan fingerprint density at radius 2 is 1.38 bits per heavy atom. The molecule has 2 rings (SSSR count). The fourth-order valence-corrected chi connectivity index (χ4v) is 3.86. The van der Waals surface area contributed by atoms with Gasteiger partial charge in [-0.05, 0) is 27.5 Å². The zero-order valence-electron chi connectivity index (χ0n) is 17.4. The summed E-state index contributed by atoms with van der Waals surface area (Å²) < 4.78 is 12.2. The average molecular weight is 314 g/mol. The third-order valence-electron chi connectivity index (χ3n) is 5.27. The normalized spacial score (nSPS) is 17.6. The van der Waals surface area contributed by atoms with Crippen LogP contribution in [0.4, 0.5) is 0 Å². The van der Waals surface area contributed by atoms with Gasteiger partial charge in [0.05, 0.1) is 0 Å². The van der Waals surface area contributed by atoms with Gasteiger partial charge < -0.3 is 14.8 Å². The van der Waals surface area contributed by atoms with Crippen LogP contribution in [0.25, 0.3) is 0 Å². The number of nitrogens with one attached hydrogen (secondary N) is 1. The van der Waals surface area contributed by atoms with Crippen LogP contribution in [0.3, 0.4) is 0 Å². The van der Waals surface area contributed by atoms with Gasteiger partial charge in [0, 0.05) is 0 Å². The lowest BCUT2D eigenvalue weighted by molar-refractivity contribution is 0.0844. The van der Waals surface area contributed by atoms with E-state index >= 15 is 0 Å². The van der Waals surface area contributed by atoms with Crippen molar-refractivity contribution in [3.8, 4) is 11.5 Å². The quantitative estimate of drug-likeness (QED) is 0.560. The highest BCUT2D eigenvalue weighted by Gasteiger charge is 2.39. The molecule has 0 aromatic heterocycles. The van der Waals surface area contributed by atoms with Gasteiger partial charge in [0.15, 0.2) is 32.8 Å². The number of rotatable bonds is 4. The number of hydrogen-bond acceptors (Lipinski definition) is 3. The zero-order valence-corrected chi connectivity index (χ0v) is 17.4. The molecule has 1 aromatic carbocycles. The van der Waals surface area contributed by atoms with Crippen molar-refractivity contribution < 1.29 is 9.47 Å². The first-order chi connectivity index (χ1) is 10.7. The van der Waals surface area contributed by atoms with Crippen molar-refractivity contribution in [1.82, 2.24) is 5.32 Å². The molecule has 12 heteroatoms. The van der Waals surface area contributed by atoms with E-state index < -0.39 is 5.59 Å². The molecule has 1 aromatic rings. The summed E-state index contributed by atoms with van der Waals surface area (Å²) in [4.78, 5) is 0. The van der Waals surface area contributed by atoms with Gasteiger partial charge in [-0.2, -0.15) is 0 Å². The van der Waals surface area contributed by atoms with Crippen molar-refractivity contribution >= 4 is 87.0 Å². The van der Waals surface area contributed by atoms with Crippen molar-refractivity contribution in [2.75, 3.05) is 0 Å². The molecule has 0 aliphatic carbocycles. The molecule has 0 amide bonds. The minimum absolute atomic E-state index is 0.0304. The predicted molar refractivity (Wildman–Crippen MR) is 129 cm³/mol. The highest BCUT2D eigenvalue weighted by atomic mass is 16.7. The Morgan fingerprint density at radius 3 is 1.83 bits per heavy atom. The van der Waals surface area contributed by atoms with Crippen molar-refractivity contribution in [3.63, 3.8) is 0 Å². The Balaban J connectivity index is 2.58. The molecule has 0 saturated carbocycles. The van der Waals surface area contributed by atoms with E-state index in [4.69, 9.17) is 9.47 Å². The third-order valence-corrected chi connectivity index (χ3v) is 5.27. The molecule has 1 heterocycles. The van der Waals surface area contributed by atoms with Gasteiger partial charge >= 0.3 is 0 Å². The predicted octanol–water partition coefficient (Wildman–Crippen LogP) is -9.55. The molecule has 118 valence electrons. The Bertz CT molecular complexity index is 672. The third kappa shape index (κ3) is 3.49. The summed E-state index contributed by atoms with van der Waals surface area (Å²) in [5.41, 5.74) is 4.46. The molecule has 0 spiro atoms. The van der Waals surface area contributed by atoms with Gasteiger partial charge in [-0.3, -0.25) is 0 Å². The first-order valence-corrected chi connectivity index (χ1v) is 8.97. The van der Waals surface area contributed by atoms with Crippen molar-refractivity contribution in [2.24, 2.45) is 0 Å². The maximum Gasteiger partial charge on any atom is 0.197 e. The molecule has 1 aliphatic rings. The van der Waals surface area contributed by atoms with Crippen LogP contribution in [0.1, 0.15) is 19.4 Å². The van der Waals surface area contributed by atoms with Gasteiger partial charge in [-0.25, -0.2) is 0 Å². The van der Waals surface area contributed by atoms with Crippen molar-refractivity contribution in [2.45, 2.75) is 36.0 Å². The Morgan fingerprint density at radius 1 is 0.917 bits per heavy atom. The topological polar surface area (TPSA) is 30.5 Å². The number of benzene rings is 1. The molecule has 0 saturated heterocycles. The monoisotopic (exact) mass is 315 g/mol. The van der Waals surface area contributed by atoms with Gasteiger partial charge in [0.2, 0.25) is 0 Å². The molecular weight excluding hydrogens is 287 g/mol. The molecule has 3 nitrogen and oxygen atoms in total. The fourth-order valence-electron chi connectivity index (χ4n) is 3.86. The molecule has 0 bridgehead atoms. The lowest BCUT2D eigenvalue weighted by Gasteiger charge is -2.41. The van der Waals surface area contributed by atoms with Crippen LogP contribution in [-0.4, -0.2) is 87.6 Å². The van der Waals surface area contributed by atoms with E-state index in [1.54, 1.807) is 0 Å². The van der Waals surface area contributed by atoms with Crippen LogP contribution in [-0.2, 0) is 5.21 Å². The molecule has 24 heavy (non-hydrogen) atoms. The van der Waals surface area contributed by atoms with E-state index in [2.05, 4.69) is 74.1 Å². The lowest BCUT2D eigenvalue weighted by atomic mass is 9.43. The van der Waals surface area contributed by atoms with Gasteiger partial charge in [-0.15, -0.1) is 0 Å². The van der Waals surface area contributed by atoms with E-state index in [0.717, 1.165) is 11.5 Å². The molecular formula is C12H26B9NO2. The van der Waals surface area contributed by atoms with Gasteiger partial charge in [-0.1, -0.05) is 24.9 Å². The Kier molecular flexibility index (Phi) is 4.89. The smallest absolute Gasteiger partial charge is 0.197 e. The van der Waals surface area contributed by atoms with Crippen LogP contribution in [0.2, 0.25) is 0 Å². The van der Waals surface area contributed by atoms with Crippen molar-refractivity contribution in [1.29, 1.82) is 0 Å². The summed E-state index contributed by atoms with van der Waals surface area (Å²) in [5.74, 6) is 1.82. The minimum Gasteiger partial charge on any atom is -0.467 e. The number of hydrogen-bond donors (Lipinski definition) is 1. The van der Waals surface area contributed by atoms with Crippen molar-refractivity contribution in [3.05, 3.63) is 5.56 Å². The summed E-state index contributed by atoms with van der Waals surface area (Å²) in [6.07, 6.45) is 0. The van der Waals surface area contributed by atoms with E-state index in [1.165, 1.54) is 22.0 Å².